The maximum absolute atomic E-state index is 6.04. The molecule has 2 atom stereocenters. The van der Waals surface area contributed by atoms with Crippen LogP contribution < -0.4 is 4.90 Å². The van der Waals surface area contributed by atoms with E-state index in [-0.39, 0.29) is 12.2 Å². The van der Waals surface area contributed by atoms with Crippen LogP contribution in [-0.2, 0) is 11.3 Å². The fourth-order valence-electron chi connectivity index (χ4n) is 2.70. The van der Waals surface area contributed by atoms with Gasteiger partial charge in [0.15, 0.2) is 0 Å². The smallest absolute Gasteiger partial charge is 0.246 e. The Morgan fingerprint density at radius 3 is 2.59 bits per heavy atom. The molecule has 0 radical (unpaired) electrons. The summed E-state index contributed by atoms with van der Waals surface area (Å²) in [5.41, 5.74) is 1.00. The van der Waals surface area contributed by atoms with Crippen LogP contribution in [0.4, 0.5) is 5.95 Å². The van der Waals surface area contributed by atoms with E-state index in [1.54, 1.807) is 11.3 Å². The van der Waals surface area contributed by atoms with E-state index in [1.807, 2.05) is 11.6 Å². The third-order valence-electron chi connectivity index (χ3n) is 3.92. The van der Waals surface area contributed by atoms with Gasteiger partial charge in [-0.05, 0) is 30.2 Å². The number of tetrazole rings is 1. The van der Waals surface area contributed by atoms with Gasteiger partial charge in [0.2, 0.25) is 5.95 Å². The maximum Gasteiger partial charge on any atom is 0.246 e. The summed E-state index contributed by atoms with van der Waals surface area (Å²) in [5, 5.41) is 15.3. The molecule has 0 N–H and O–H groups in total. The second kappa shape index (κ2) is 6.70. The van der Waals surface area contributed by atoms with Crippen LogP contribution in [0.25, 0.3) is 0 Å². The van der Waals surface area contributed by atoms with Crippen molar-refractivity contribution in [3.63, 3.8) is 0 Å². The van der Waals surface area contributed by atoms with Gasteiger partial charge in [0.05, 0.1) is 29.5 Å². The number of anilines is 1. The van der Waals surface area contributed by atoms with E-state index in [0.717, 1.165) is 42.6 Å². The molecule has 0 spiro atoms. The highest BCUT2D eigenvalue weighted by Gasteiger charge is 2.29. The quantitative estimate of drug-likeness (QED) is 0.837. The van der Waals surface area contributed by atoms with Gasteiger partial charge in [-0.3, -0.25) is 0 Å². The molecule has 120 valence electrons. The molecule has 0 amide bonds. The first-order valence-corrected chi connectivity index (χ1v) is 8.65. The number of nitrogens with zero attached hydrogens (tertiary/aromatic N) is 6. The second-order valence-corrected chi connectivity index (χ2v) is 6.66. The molecular formula is C14H22N6OS. The summed E-state index contributed by atoms with van der Waals surface area (Å²) in [4.78, 5) is 6.73. The number of rotatable bonds is 5. The van der Waals surface area contributed by atoms with Crippen LogP contribution in [0.5, 0.6) is 0 Å². The number of hydrogen-bond acceptors (Lipinski definition) is 7. The summed E-state index contributed by atoms with van der Waals surface area (Å²) < 4.78 is 7.88. The number of aromatic nitrogens is 5. The standard InChI is InChI=1S/C14H22N6OS/c1-4-12-7-19(8-13(5-2)21-12)14-16-17-18-20(14)6-11-9-22-10(3)15-11/h9,12-13H,4-8H2,1-3H3. The predicted octanol–water partition coefficient (Wildman–Crippen LogP) is 1.88. The van der Waals surface area contributed by atoms with Crippen LogP contribution in [0.2, 0.25) is 0 Å². The number of ether oxygens (including phenoxy) is 1. The van der Waals surface area contributed by atoms with Crippen molar-refractivity contribution >= 4 is 17.3 Å². The molecule has 7 nitrogen and oxygen atoms in total. The molecule has 8 heteroatoms. The van der Waals surface area contributed by atoms with Crippen LogP contribution in [0.1, 0.15) is 37.4 Å². The summed E-state index contributed by atoms with van der Waals surface area (Å²) in [6.45, 7) is 8.60. The second-order valence-electron chi connectivity index (χ2n) is 5.60. The topological polar surface area (TPSA) is 69.0 Å². The fraction of sp³-hybridized carbons (Fsp3) is 0.714. The third-order valence-corrected chi connectivity index (χ3v) is 4.74. The Balaban J connectivity index is 1.78. The molecule has 3 rings (SSSR count). The van der Waals surface area contributed by atoms with Crippen LogP contribution in [0.3, 0.4) is 0 Å². The molecule has 22 heavy (non-hydrogen) atoms. The molecule has 2 aromatic rings. The molecule has 0 aromatic carbocycles. The fourth-order valence-corrected chi connectivity index (χ4v) is 3.31. The van der Waals surface area contributed by atoms with E-state index < -0.39 is 0 Å². The summed E-state index contributed by atoms with van der Waals surface area (Å²) in [6.07, 6.45) is 2.48. The summed E-state index contributed by atoms with van der Waals surface area (Å²) >= 11 is 1.65. The van der Waals surface area contributed by atoms with E-state index in [9.17, 15) is 0 Å². The molecule has 3 heterocycles. The van der Waals surface area contributed by atoms with Gasteiger partial charge in [0, 0.05) is 18.5 Å². The van der Waals surface area contributed by atoms with E-state index >= 15 is 0 Å². The normalized spacial score (nSPS) is 22.2. The van der Waals surface area contributed by atoms with E-state index in [4.69, 9.17) is 4.74 Å². The third kappa shape index (κ3) is 3.27. The molecule has 1 aliphatic heterocycles. The number of hydrogen-bond donors (Lipinski definition) is 0. The van der Waals surface area contributed by atoms with Gasteiger partial charge in [0.25, 0.3) is 0 Å². The lowest BCUT2D eigenvalue weighted by molar-refractivity contribution is -0.0292. The first kappa shape index (κ1) is 15.4. The van der Waals surface area contributed by atoms with E-state index in [1.165, 1.54) is 0 Å². The molecular weight excluding hydrogens is 300 g/mol. The lowest BCUT2D eigenvalue weighted by atomic mass is 10.1. The average Bonchev–Trinajstić information content (AvgIpc) is 3.16. The Bertz CT molecular complexity index is 600. The Hall–Kier alpha value is -1.54. The van der Waals surface area contributed by atoms with Crippen molar-refractivity contribution in [2.24, 2.45) is 0 Å². The van der Waals surface area contributed by atoms with Crippen molar-refractivity contribution in [2.45, 2.75) is 52.4 Å². The van der Waals surface area contributed by atoms with Crippen molar-refractivity contribution in [1.82, 2.24) is 25.2 Å². The highest BCUT2D eigenvalue weighted by atomic mass is 32.1. The minimum atomic E-state index is 0.241. The Morgan fingerprint density at radius 2 is 2.00 bits per heavy atom. The monoisotopic (exact) mass is 322 g/mol. The van der Waals surface area contributed by atoms with Gasteiger partial charge < -0.3 is 9.64 Å². The van der Waals surface area contributed by atoms with Crippen molar-refractivity contribution in [3.05, 3.63) is 16.1 Å². The first-order valence-electron chi connectivity index (χ1n) is 7.77. The maximum atomic E-state index is 6.04. The average molecular weight is 322 g/mol. The molecule has 0 saturated carbocycles. The molecule has 1 fully saturated rings. The molecule has 0 aliphatic carbocycles. The van der Waals surface area contributed by atoms with Crippen LogP contribution in [0.15, 0.2) is 5.38 Å². The molecule has 0 bridgehead atoms. The minimum Gasteiger partial charge on any atom is -0.371 e. The zero-order valence-electron chi connectivity index (χ0n) is 13.3. The highest BCUT2D eigenvalue weighted by Crippen LogP contribution is 2.21. The van der Waals surface area contributed by atoms with Crippen molar-refractivity contribution in [3.8, 4) is 0 Å². The Kier molecular flexibility index (Phi) is 4.68. The minimum absolute atomic E-state index is 0.241. The highest BCUT2D eigenvalue weighted by molar-refractivity contribution is 7.09. The first-order chi connectivity index (χ1) is 10.7. The lowest BCUT2D eigenvalue weighted by Crippen LogP contribution is -2.48. The summed E-state index contributed by atoms with van der Waals surface area (Å²) in [6, 6.07) is 0. The van der Waals surface area contributed by atoms with Crippen LogP contribution in [-0.4, -0.2) is 50.5 Å². The Labute approximate surface area is 134 Å². The molecule has 2 unspecified atom stereocenters. The zero-order chi connectivity index (χ0) is 15.5. The number of morpholine rings is 1. The van der Waals surface area contributed by atoms with Crippen molar-refractivity contribution < 1.29 is 4.74 Å². The largest absolute Gasteiger partial charge is 0.371 e. The SMILES string of the molecule is CCC1CN(c2nnnn2Cc2csc(C)n2)CC(CC)O1. The lowest BCUT2D eigenvalue weighted by Gasteiger charge is -2.37. The van der Waals surface area contributed by atoms with Gasteiger partial charge in [-0.25, -0.2) is 9.67 Å². The number of aryl methyl sites for hydroxylation is 1. The van der Waals surface area contributed by atoms with Crippen LogP contribution in [0, 0.1) is 6.92 Å². The zero-order valence-corrected chi connectivity index (χ0v) is 14.1. The number of thiazole rings is 1. The van der Waals surface area contributed by atoms with Crippen molar-refractivity contribution in [1.29, 1.82) is 0 Å². The van der Waals surface area contributed by atoms with Gasteiger partial charge >= 0.3 is 0 Å². The van der Waals surface area contributed by atoms with Crippen molar-refractivity contribution in [2.75, 3.05) is 18.0 Å². The van der Waals surface area contributed by atoms with E-state index in [2.05, 4.69) is 44.6 Å². The van der Waals surface area contributed by atoms with Gasteiger partial charge in [-0.15, -0.1) is 11.3 Å². The summed E-state index contributed by atoms with van der Waals surface area (Å²) in [5.74, 6) is 0.811. The predicted molar refractivity (Wildman–Crippen MR) is 85.2 cm³/mol. The van der Waals surface area contributed by atoms with Gasteiger partial charge in [-0.1, -0.05) is 18.9 Å². The van der Waals surface area contributed by atoms with E-state index in [0.29, 0.717) is 6.54 Å². The molecule has 1 saturated heterocycles. The van der Waals surface area contributed by atoms with Gasteiger partial charge in [0.1, 0.15) is 0 Å². The molecule has 1 aliphatic rings. The molecule has 2 aromatic heterocycles. The van der Waals surface area contributed by atoms with Gasteiger partial charge in [-0.2, -0.15) is 0 Å². The Morgan fingerprint density at radius 1 is 1.27 bits per heavy atom. The van der Waals surface area contributed by atoms with Crippen LogP contribution >= 0.6 is 11.3 Å². The summed E-state index contributed by atoms with van der Waals surface area (Å²) in [7, 11) is 0.